The minimum absolute atomic E-state index is 0.180. The fraction of sp³-hybridized carbons (Fsp3) is 0.375. The Bertz CT molecular complexity index is 1040. The summed E-state index contributed by atoms with van der Waals surface area (Å²) in [4.78, 5) is 0. The van der Waals surface area contributed by atoms with Crippen LogP contribution in [0.25, 0.3) is 22.3 Å². The van der Waals surface area contributed by atoms with Crippen molar-refractivity contribution in [3.8, 4) is 22.3 Å². The van der Waals surface area contributed by atoms with Crippen LogP contribution in [0.1, 0.15) is 68.9 Å². The predicted molar refractivity (Wildman–Crippen MR) is 141 cm³/mol. The van der Waals surface area contributed by atoms with Gasteiger partial charge in [-0.3, -0.25) is 0 Å². The van der Waals surface area contributed by atoms with Crippen LogP contribution in [-0.2, 0) is 11.3 Å². The van der Waals surface area contributed by atoms with E-state index in [0.717, 1.165) is 35.3 Å². The van der Waals surface area contributed by atoms with E-state index in [0.29, 0.717) is 24.0 Å². The van der Waals surface area contributed by atoms with E-state index in [4.69, 9.17) is 4.74 Å². The van der Waals surface area contributed by atoms with Crippen LogP contribution in [0.4, 0.5) is 4.39 Å². The van der Waals surface area contributed by atoms with Gasteiger partial charge in [0.1, 0.15) is 5.82 Å². The molecule has 0 aliphatic heterocycles. The molecule has 0 saturated heterocycles. The lowest BCUT2D eigenvalue weighted by molar-refractivity contribution is 0.117. The maximum atomic E-state index is 15.1. The smallest absolute Gasteiger partial charge is 0.131 e. The van der Waals surface area contributed by atoms with E-state index in [1.165, 1.54) is 44.1 Å². The number of hydrogen-bond donors (Lipinski definition) is 0. The number of allylic oxidation sites excluding steroid dienone is 1. The van der Waals surface area contributed by atoms with Crippen LogP contribution in [0.3, 0.4) is 0 Å². The summed E-state index contributed by atoms with van der Waals surface area (Å²) in [5, 5.41) is 0. The van der Waals surface area contributed by atoms with E-state index in [1.54, 1.807) is 6.07 Å². The first kappa shape index (κ1) is 24.4. The zero-order valence-corrected chi connectivity index (χ0v) is 20.4. The van der Waals surface area contributed by atoms with E-state index < -0.39 is 0 Å². The van der Waals surface area contributed by atoms with Gasteiger partial charge in [0.2, 0.25) is 0 Å². The SMILES string of the molecule is C=C[C@H]1CC[C@H](c2ccc(-c3ccc(-c4ccc(COCCCCC)cc4)cc3F)cc2)CC1. The Labute approximate surface area is 204 Å². The molecule has 1 saturated carbocycles. The molecule has 34 heavy (non-hydrogen) atoms. The van der Waals surface area contributed by atoms with Gasteiger partial charge in [-0.1, -0.05) is 86.5 Å². The van der Waals surface area contributed by atoms with Gasteiger partial charge in [0.25, 0.3) is 0 Å². The minimum atomic E-state index is -0.180. The molecule has 2 heteroatoms. The van der Waals surface area contributed by atoms with Gasteiger partial charge in [-0.15, -0.1) is 6.58 Å². The van der Waals surface area contributed by atoms with Crippen molar-refractivity contribution in [1.82, 2.24) is 0 Å². The molecular formula is C32H37FO. The van der Waals surface area contributed by atoms with Crippen molar-refractivity contribution in [3.05, 3.63) is 96.3 Å². The van der Waals surface area contributed by atoms with Gasteiger partial charge in [-0.05, 0) is 77.8 Å². The first-order valence-corrected chi connectivity index (χ1v) is 12.9. The molecule has 3 aromatic rings. The summed E-state index contributed by atoms with van der Waals surface area (Å²) in [6, 6.07) is 22.3. The molecular weight excluding hydrogens is 419 g/mol. The van der Waals surface area contributed by atoms with Gasteiger partial charge >= 0.3 is 0 Å². The van der Waals surface area contributed by atoms with Gasteiger partial charge in [0.05, 0.1) is 6.61 Å². The summed E-state index contributed by atoms with van der Waals surface area (Å²) < 4.78 is 20.8. The molecule has 1 aliphatic carbocycles. The highest BCUT2D eigenvalue weighted by Gasteiger charge is 2.20. The highest BCUT2D eigenvalue weighted by molar-refractivity contribution is 5.71. The van der Waals surface area contributed by atoms with Gasteiger partial charge in [-0.2, -0.15) is 0 Å². The van der Waals surface area contributed by atoms with E-state index in [9.17, 15) is 0 Å². The third kappa shape index (κ3) is 6.24. The van der Waals surface area contributed by atoms with E-state index in [1.807, 2.05) is 12.1 Å². The number of hydrogen-bond acceptors (Lipinski definition) is 1. The summed E-state index contributed by atoms with van der Waals surface area (Å²) in [5.74, 6) is 1.10. The maximum absolute atomic E-state index is 15.1. The summed E-state index contributed by atoms with van der Waals surface area (Å²) >= 11 is 0. The number of unbranched alkanes of at least 4 members (excludes halogenated alkanes) is 2. The lowest BCUT2D eigenvalue weighted by atomic mass is 9.78. The normalized spacial score (nSPS) is 18.1. The van der Waals surface area contributed by atoms with Gasteiger partial charge < -0.3 is 4.74 Å². The Balaban J connectivity index is 1.39. The molecule has 0 N–H and O–H groups in total. The van der Waals surface area contributed by atoms with E-state index >= 15 is 4.39 Å². The molecule has 1 aliphatic rings. The molecule has 0 heterocycles. The van der Waals surface area contributed by atoms with E-state index in [-0.39, 0.29) is 5.82 Å². The quantitative estimate of drug-likeness (QED) is 0.218. The monoisotopic (exact) mass is 456 g/mol. The molecule has 4 rings (SSSR count). The third-order valence-electron chi connectivity index (χ3n) is 7.22. The third-order valence-corrected chi connectivity index (χ3v) is 7.22. The molecule has 178 valence electrons. The molecule has 0 spiro atoms. The van der Waals surface area contributed by atoms with Crippen molar-refractivity contribution in [2.24, 2.45) is 5.92 Å². The van der Waals surface area contributed by atoms with Crippen molar-refractivity contribution in [2.75, 3.05) is 6.61 Å². The number of ether oxygens (including phenoxy) is 1. The average molecular weight is 457 g/mol. The highest BCUT2D eigenvalue weighted by atomic mass is 19.1. The second-order valence-corrected chi connectivity index (χ2v) is 9.62. The molecule has 0 radical (unpaired) electrons. The summed E-state index contributed by atoms with van der Waals surface area (Å²) in [6.45, 7) is 7.57. The van der Waals surface area contributed by atoms with Crippen LogP contribution < -0.4 is 0 Å². The van der Waals surface area contributed by atoms with E-state index in [2.05, 4.69) is 68.1 Å². The van der Waals surface area contributed by atoms with Crippen molar-refractivity contribution in [3.63, 3.8) is 0 Å². The Kier molecular flexibility index (Phi) is 8.71. The Morgan fingerprint density at radius 3 is 2.18 bits per heavy atom. The van der Waals surface area contributed by atoms with Crippen molar-refractivity contribution >= 4 is 0 Å². The number of benzene rings is 3. The van der Waals surface area contributed by atoms with Gasteiger partial charge in [0, 0.05) is 12.2 Å². The Morgan fingerprint density at radius 2 is 1.53 bits per heavy atom. The molecule has 0 amide bonds. The standard InChI is InChI=1S/C32H37FO/c1-3-5-6-21-34-23-25-9-13-28(14-10-25)30-19-20-31(32(33)22-30)29-17-15-27(16-18-29)26-11-7-24(4-2)8-12-26/h4,9-10,13-20,22,24,26H,2-3,5-8,11-12,21,23H2,1H3/t24-,26-. The second kappa shape index (κ2) is 12.1. The number of halogens is 1. The first-order chi connectivity index (χ1) is 16.7. The fourth-order valence-corrected chi connectivity index (χ4v) is 4.99. The lowest BCUT2D eigenvalue weighted by Gasteiger charge is -2.27. The van der Waals surface area contributed by atoms with Crippen LogP contribution in [0.2, 0.25) is 0 Å². The summed E-state index contributed by atoms with van der Waals surface area (Å²) in [6.07, 6.45) is 10.5. The van der Waals surface area contributed by atoms with Crippen LogP contribution in [0.5, 0.6) is 0 Å². The van der Waals surface area contributed by atoms with Crippen LogP contribution in [0, 0.1) is 11.7 Å². The summed E-state index contributed by atoms with van der Waals surface area (Å²) in [5.41, 5.74) is 6.02. The topological polar surface area (TPSA) is 9.23 Å². The van der Waals surface area contributed by atoms with Crippen LogP contribution in [-0.4, -0.2) is 6.61 Å². The Hall–Kier alpha value is -2.71. The molecule has 0 atom stereocenters. The van der Waals surface area contributed by atoms with Crippen molar-refractivity contribution in [2.45, 2.75) is 64.4 Å². The lowest BCUT2D eigenvalue weighted by Crippen LogP contribution is -2.11. The molecule has 0 bridgehead atoms. The second-order valence-electron chi connectivity index (χ2n) is 9.62. The first-order valence-electron chi connectivity index (χ1n) is 12.9. The van der Waals surface area contributed by atoms with Crippen molar-refractivity contribution in [1.29, 1.82) is 0 Å². The molecule has 0 unspecified atom stereocenters. The largest absolute Gasteiger partial charge is 0.377 e. The Morgan fingerprint density at radius 1 is 0.853 bits per heavy atom. The summed E-state index contributed by atoms with van der Waals surface area (Å²) in [7, 11) is 0. The molecule has 3 aromatic carbocycles. The zero-order valence-electron chi connectivity index (χ0n) is 20.4. The fourth-order valence-electron chi connectivity index (χ4n) is 4.99. The highest BCUT2D eigenvalue weighted by Crippen LogP contribution is 2.37. The molecule has 0 aromatic heterocycles. The zero-order chi connectivity index (χ0) is 23.8. The average Bonchev–Trinajstić information content (AvgIpc) is 2.89. The predicted octanol–water partition coefficient (Wildman–Crippen LogP) is 9.33. The molecule has 1 nitrogen and oxygen atoms in total. The maximum Gasteiger partial charge on any atom is 0.131 e. The van der Waals surface area contributed by atoms with Gasteiger partial charge in [-0.25, -0.2) is 4.39 Å². The van der Waals surface area contributed by atoms with Gasteiger partial charge in [0.15, 0.2) is 0 Å². The molecule has 1 fully saturated rings. The van der Waals surface area contributed by atoms with Crippen LogP contribution in [0.15, 0.2) is 79.4 Å². The van der Waals surface area contributed by atoms with Crippen molar-refractivity contribution < 1.29 is 9.13 Å². The minimum Gasteiger partial charge on any atom is -0.377 e. The number of rotatable bonds is 10. The van der Waals surface area contributed by atoms with Crippen LogP contribution >= 0.6 is 0 Å².